The third-order valence-corrected chi connectivity index (χ3v) is 4.50. The van der Waals surface area contributed by atoms with Crippen LogP contribution in [0.4, 0.5) is 0 Å². The molecule has 20 heavy (non-hydrogen) atoms. The third-order valence-electron chi connectivity index (χ3n) is 3.46. The summed E-state index contributed by atoms with van der Waals surface area (Å²) < 4.78 is 2.30. The molecule has 0 fully saturated rings. The summed E-state index contributed by atoms with van der Waals surface area (Å²) in [6, 6.07) is 17.2. The van der Waals surface area contributed by atoms with Crippen LogP contribution in [0.5, 0.6) is 0 Å². The van der Waals surface area contributed by atoms with Crippen molar-refractivity contribution in [2.24, 2.45) is 0 Å². The lowest BCUT2D eigenvalue weighted by molar-refractivity contribution is 1.05. The number of benzene rings is 2. The van der Waals surface area contributed by atoms with E-state index in [1.54, 1.807) is 0 Å². The summed E-state index contributed by atoms with van der Waals surface area (Å²) in [5.41, 5.74) is 5.21. The zero-order valence-electron chi connectivity index (χ0n) is 10.9. The standard InChI is InChI=1S/C18H14Br2/c19-17-8-2-6-15(11-17)13-4-1-5-14(10-13)16-7-3-9-18(20)12-16/h1-2,4-6,8-12H,3,7H2. The van der Waals surface area contributed by atoms with Gasteiger partial charge in [0.2, 0.25) is 0 Å². The van der Waals surface area contributed by atoms with Crippen LogP contribution in [0.2, 0.25) is 0 Å². The van der Waals surface area contributed by atoms with E-state index in [0.717, 1.165) is 17.3 Å². The van der Waals surface area contributed by atoms with Crippen molar-refractivity contribution in [2.75, 3.05) is 0 Å². The Kier molecular flexibility index (Phi) is 4.23. The lowest BCUT2D eigenvalue weighted by atomic mass is 9.94. The van der Waals surface area contributed by atoms with Crippen molar-refractivity contribution < 1.29 is 0 Å². The predicted molar refractivity (Wildman–Crippen MR) is 93.8 cm³/mol. The van der Waals surface area contributed by atoms with Crippen molar-refractivity contribution in [3.8, 4) is 11.1 Å². The Morgan fingerprint density at radius 1 is 0.800 bits per heavy atom. The Labute approximate surface area is 136 Å². The molecule has 0 N–H and O–H groups in total. The summed E-state index contributed by atoms with van der Waals surface area (Å²) in [7, 11) is 0. The molecule has 3 rings (SSSR count). The van der Waals surface area contributed by atoms with Gasteiger partial charge in [-0.25, -0.2) is 0 Å². The van der Waals surface area contributed by atoms with Crippen molar-refractivity contribution in [3.05, 3.63) is 75.2 Å². The van der Waals surface area contributed by atoms with Crippen LogP contribution >= 0.6 is 31.9 Å². The molecular formula is C18H14Br2. The summed E-state index contributed by atoms with van der Waals surface area (Å²) in [4.78, 5) is 0. The maximum atomic E-state index is 3.58. The molecule has 0 aliphatic heterocycles. The number of halogens is 2. The van der Waals surface area contributed by atoms with Gasteiger partial charge >= 0.3 is 0 Å². The first-order valence-electron chi connectivity index (χ1n) is 6.65. The van der Waals surface area contributed by atoms with E-state index in [1.165, 1.54) is 26.7 Å². The monoisotopic (exact) mass is 388 g/mol. The van der Waals surface area contributed by atoms with E-state index >= 15 is 0 Å². The molecule has 0 aromatic heterocycles. The van der Waals surface area contributed by atoms with Crippen LogP contribution in [0.3, 0.4) is 0 Å². The Hall–Kier alpha value is -1.12. The maximum Gasteiger partial charge on any atom is 0.0181 e. The van der Waals surface area contributed by atoms with E-state index in [1.807, 2.05) is 0 Å². The minimum atomic E-state index is 1.10. The highest BCUT2D eigenvalue weighted by molar-refractivity contribution is 9.12. The van der Waals surface area contributed by atoms with Crippen LogP contribution in [0, 0.1) is 0 Å². The zero-order valence-corrected chi connectivity index (χ0v) is 14.1. The highest BCUT2D eigenvalue weighted by Gasteiger charge is 2.07. The fraction of sp³-hybridized carbons (Fsp3) is 0.111. The minimum Gasteiger partial charge on any atom is -0.0699 e. The van der Waals surface area contributed by atoms with Gasteiger partial charge in [-0.1, -0.05) is 68.3 Å². The topological polar surface area (TPSA) is 0 Å². The summed E-state index contributed by atoms with van der Waals surface area (Å²) >= 11 is 7.11. The van der Waals surface area contributed by atoms with Crippen LogP contribution in [-0.4, -0.2) is 0 Å². The molecule has 2 heteroatoms. The van der Waals surface area contributed by atoms with E-state index in [-0.39, 0.29) is 0 Å². The van der Waals surface area contributed by atoms with E-state index in [0.29, 0.717) is 0 Å². The van der Waals surface area contributed by atoms with Crippen molar-refractivity contribution in [1.29, 1.82) is 0 Å². The highest BCUT2D eigenvalue weighted by atomic mass is 79.9. The molecule has 0 spiro atoms. The lowest BCUT2D eigenvalue weighted by Gasteiger charge is -2.12. The van der Waals surface area contributed by atoms with Crippen LogP contribution in [0.1, 0.15) is 18.4 Å². The quantitative estimate of drug-likeness (QED) is 0.544. The van der Waals surface area contributed by atoms with Gasteiger partial charge in [0.15, 0.2) is 0 Å². The fourth-order valence-corrected chi connectivity index (χ4v) is 3.36. The molecule has 0 unspecified atom stereocenters. The van der Waals surface area contributed by atoms with Gasteiger partial charge in [-0.05, 0) is 59.4 Å². The maximum absolute atomic E-state index is 3.58. The first-order valence-corrected chi connectivity index (χ1v) is 8.23. The predicted octanol–water partition coefficient (Wildman–Crippen LogP) is 6.57. The first kappa shape index (κ1) is 13.8. The lowest BCUT2D eigenvalue weighted by Crippen LogP contribution is -1.90. The smallest absolute Gasteiger partial charge is 0.0181 e. The molecule has 0 saturated heterocycles. The first-order chi connectivity index (χ1) is 9.72. The van der Waals surface area contributed by atoms with E-state index < -0.39 is 0 Å². The van der Waals surface area contributed by atoms with Crippen LogP contribution in [0.15, 0.2) is 69.6 Å². The number of hydrogen-bond acceptors (Lipinski definition) is 0. The van der Waals surface area contributed by atoms with Gasteiger partial charge in [-0.3, -0.25) is 0 Å². The van der Waals surface area contributed by atoms with Crippen LogP contribution in [-0.2, 0) is 0 Å². The van der Waals surface area contributed by atoms with Gasteiger partial charge in [0.05, 0.1) is 0 Å². The van der Waals surface area contributed by atoms with Gasteiger partial charge in [-0.15, -0.1) is 0 Å². The van der Waals surface area contributed by atoms with Crippen LogP contribution in [0.25, 0.3) is 16.7 Å². The average Bonchev–Trinajstić information content (AvgIpc) is 2.47. The molecule has 1 aliphatic rings. The van der Waals surface area contributed by atoms with Gasteiger partial charge < -0.3 is 0 Å². The second-order valence-corrected chi connectivity index (χ2v) is 6.72. The molecule has 0 radical (unpaired) electrons. The second-order valence-electron chi connectivity index (χ2n) is 4.89. The third kappa shape index (κ3) is 3.13. The van der Waals surface area contributed by atoms with Crippen molar-refractivity contribution >= 4 is 37.4 Å². The Balaban J connectivity index is 2.00. The molecule has 0 atom stereocenters. The number of allylic oxidation sites excluding steroid dienone is 4. The summed E-state index contributed by atoms with van der Waals surface area (Å²) in [6.07, 6.45) is 6.66. The molecule has 0 heterocycles. The van der Waals surface area contributed by atoms with Crippen molar-refractivity contribution in [3.63, 3.8) is 0 Å². The Morgan fingerprint density at radius 2 is 1.50 bits per heavy atom. The minimum absolute atomic E-state index is 1.10. The molecule has 100 valence electrons. The van der Waals surface area contributed by atoms with Gasteiger partial charge in [-0.2, -0.15) is 0 Å². The molecule has 2 aromatic carbocycles. The zero-order chi connectivity index (χ0) is 13.9. The normalized spacial score (nSPS) is 14.7. The largest absolute Gasteiger partial charge is 0.0699 e. The van der Waals surface area contributed by atoms with E-state index in [4.69, 9.17) is 0 Å². The molecule has 0 amide bonds. The average molecular weight is 390 g/mol. The molecule has 0 nitrogen and oxygen atoms in total. The van der Waals surface area contributed by atoms with Crippen molar-refractivity contribution in [1.82, 2.24) is 0 Å². The molecule has 0 saturated carbocycles. The summed E-state index contributed by atoms with van der Waals surface area (Å²) in [5.74, 6) is 0. The Morgan fingerprint density at radius 3 is 2.25 bits per heavy atom. The fourth-order valence-electron chi connectivity index (χ4n) is 2.46. The second kappa shape index (κ2) is 6.11. The molecule has 0 bridgehead atoms. The number of rotatable bonds is 2. The molecular weight excluding hydrogens is 376 g/mol. The highest BCUT2D eigenvalue weighted by Crippen LogP contribution is 2.31. The summed E-state index contributed by atoms with van der Waals surface area (Å²) in [6.45, 7) is 0. The molecule has 2 aromatic rings. The SMILES string of the molecule is BrC1=CCCC(c2cccc(-c3cccc(Br)c3)c2)=C1. The Bertz CT molecular complexity index is 696. The van der Waals surface area contributed by atoms with E-state index in [9.17, 15) is 0 Å². The van der Waals surface area contributed by atoms with Gasteiger partial charge in [0.25, 0.3) is 0 Å². The van der Waals surface area contributed by atoms with Gasteiger partial charge in [0.1, 0.15) is 0 Å². The van der Waals surface area contributed by atoms with Crippen molar-refractivity contribution in [2.45, 2.75) is 12.8 Å². The summed E-state index contributed by atoms with van der Waals surface area (Å²) in [5, 5.41) is 0. The number of hydrogen-bond donors (Lipinski definition) is 0. The van der Waals surface area contributed by atoms with Gasteiger partial charge in [0, 0.05) is 8.96 Å². The van der Waals surface area contributed by atoms with Crippen LogP contribution < -0.4 is 0 Å². The van der Waals surface area contributed by atoms with E-state index in [2.05, 4.69) is 92.5 Å². The molecule has 1 aliphatic carbocycles.